The van der Waals surface area contributed by atoms with Gasteiger partial charge in [0.2, 0.25) is 0 Å². The topological polar surface area (TPSA) is 0 Å². The molecule has 0 aliphatic rings. The summed E-state index contributed by atoms with van der Waals surface area (Å²) in [6, 6.07) is 4.87. The van der Waals surface area contributed by atoms with Crippen molar-refractivity contribution < 1.29 is 4.39 Å². The van der Waals surface area contributed by atoms with E-state index in [9.17, 15) is 4.39 Å². The van der Waals surface area contributed by atoms with Gasteiger partial charge in [0.1, 0.15) is 5.82 Å². The summed E-state index contributed by atoms with van der Waals surface area (Å²) < 4.78 is 13.6. The second-order valence-corrected chi connectivity index (χ2v) is 3.83. The van der Waals surface area contributed by atoms with E-state index in [0.29, 0.717) is 0 Å². The van der Waals surface area contributed by atoms with E-state index in [1.807, 2.05) is 13.0 Å². The first-order chi connectivity index (χ1) is 5.58. The molecule has 0 heterocycles. The van der Waals surface area contributed by atoms with E-state index >= 15 is 0 Å². The van der Waals surface area contributed by atoms with Gasteiger partial charge in [0, 0.05) is 4.47 Å². The molecule has 12 heavy (non-hydrogen) atoms. The SMILES string of the molecule is C=C(C)Cc1cc(F)cc(Br)c1. The van der Waals surface area contributed by atoms with Gasteiger partial charge in [-0.2, -0.15) is 0 Å². The van der Waals surface area contributed by atoms with Crippen molar-refractivity contribution in [2.45, 2.75) is 13.3 Å². The van der Waals surface area contributed by atoms with E-state index in [1.54, 1.807) is 0 Å². The fourth-order valence-corrected chi connectivity index (χ4v) is 1.57. The zero-order chi connectivity index (χ0) is 9.14. The monoisotopic (exact) mass is 228 g/mol. The second kappa shape index (κ2) is 3.85. The number of allylic oxidation sites excluding steroid dienone is 1. The Labute approximate surface area is 80.2 Å². The molecule has 0 spiro atoms. The molecule has 1 rings (SSSR count). The Morgan fingerprint density at radius 2 is 2.17 bits per heavy atom. The molecule has 0 fully saturated rings. The number of halogens is 2. The van der Waals surface area contributed by atoms with Crippen LogP contribution in [0.5, 0.6) is 0 Å². The van der Waals surface area contributed by atoms with E-state index in [4.69, 9.17) is 0 Å². The lowest BCUT2D eigenvalue weighted by Crippen LogP contribution is -1.87. The first-order valence-electron chi connectivity index (χ1n) is 3.67. The third kappa shape index (κ3) is 2.78. The van der Waals surface area contributed by atoms with Crippen molar-refractivity contribution in [2.75, 3.05) is 0 Å². The summed E-state index contributed by atoms with van der Waals surface area (Å²) in [5, 5.41) is 0. The number of hydrogen-bond acceptors (Lipinski definition) is 0. The van der Waals surface area contributed by atoms with Gasteiger partial charge in [0.05, 0.1) is 0 Å². The Hall–Kier alpha value is -0.630. The Balaban J connectivity index is 2.93. The zero-order valence-electron chi connectivity index (χ0n) is 6.90. The van der Waals surface area contributed by atoms with Crippen molar-refractivity contribution in [1.82, 2.24) is 0 Å². The molecule has 0 aromatic heterocycles. The van der Waals surface area contributed by atoms with Crippen LogP contribution in [0.15, 0.2) is 34.8 Å². The molecule has 1 aromatic carbocycles. The van der Waals surface area contributed by atoms with Crippen molar-refractivity contribution >= 4 is 15.9 Å². The molecule has 0 amide bonds. The minimum absolute atomic E-state index is 0.208. The summed E-state index contributed by atoms with van der Waals surface area (Å²) >= 11 is 3.23. The molecule has 0 aliphatic heterocycles. The van der Waals surface area contributed by atoms with Gasteiger partial charge >= 0.3 is 0 Å². The third-order valence-corrected chi connectivity index (χ3v) is 1.89. The van der Waals surface area contributed by atoms with Gasteiger partial charge in [-0.25, -0.2) is 4.39 Å². The summed E-state index contributed by atoms with van der Waals surface area (Å²) in [7, 11) is 0. The van der Waals surface area contributed by atoms with E-state index in [2.05, 4.69) is 22.5 Å². The normalized spacial score (nSPS) is 9.92. The number of benzene rings is 1. The van der Waals surface area contributed by atoms with Crippen LogP contribution in [0.2, 0.25) is 0 Å². The molecule has 0 saturated heterocycles. The molecule has 0 saturated carbocycles. The molecular formula is C10H10BrF. The van der Waals surface area contributed by atoms with E-state index in [-0.39, 0.29) is 5.82 Å². The van der Waals surface area contributed by atoms with Gasteiger partial charge in [-0.15, -0.1) is 0 Å². The maximum atomic E-state index is 12.8. The Kier molecular flexibility index (Phi) is 3.04. The van der Waals surface area contributed by atoms with Crippen molar-refractivity contribution in [1.29, 1.82) is 0 Å². The lowest BCUT2D eigenvalue weighted by molar-refractivity contribution is 0.625. The van der Waals surface area contributed by atoms with Crippen molar-refractivity contribution in [3.63, 3.8) is 0 Å². The van der Waals surface area contributed by atoms with Crippen LogP contribution in [0, 0.1) is 5.82 Å². The summed E-state index contributed by atoms with van der Waals surface area (Å²) in [6.07, 6.45) is 0.732. The molecule has 0 aliphatic carbocycles. The molecule has 1 aromatic rings. The minimum Gasteiger partial charge on any atom is -0.207 e. The van der Waals surface area contributed by atoms with Gasteiger partial charge < -0.3 is 0 Å². The van der Waals surface area contributed by atoms with Crippen LogP contribution in [-0.2, 0) is 6.42 Å². The van der Waals surface area contributed by atoms with Crippen molar-refractivity contribution in [2.24, 2.45) is 0 Å². The predicted molar refractivity (Wildman–Crippen MR) is 52.6 cm³/mol. The van der Waals surface area contributed by atoms with Crippen LogP contribution in [0.25, 0.3) is 0 Å². The summed E-state index contributed by atoms with van der Waals surface area (Å²) in [5.74, 6) is -0.208. The maximum absolute atomic E-state index is 12.8. The lowest BCUT2D eigenvalue weighted by atomic mass is 10.1. The van der Waals surface area contributed by atoms with Crippen LogP contribution >= 0.6 is 15.9 Å². The fourth-order valence-electron chi connectivity index (χ4n) is 1.06. The Morgan fingerprint density at radius 3 is 2.67 bits per heavy atom. The van der Waals surface area contributed by atoms with Crippen LogP contribution in [0.1, 0.15) is 12.5 Å². The highest BCUT2D eigenvalue weighted by Gasteiger charge is 1.98. The molecule has 0 radical (unpaired) electrons. The minimum atomic E-state index is -0.208. The summed E-state index contributed by atoms with van der Waals surface area (Å²) in [5.41, 5.74) is 1.99. The second-order valence-electron chi connectivity index (χ2n) is 2.91. The van der Waals surface area contributed by atoms with E-state index in [0.717, 1.165) is 22.0 Å². The molecule has 0 nitrogen and oxygen atoms in total. The van der Waals surface area contributed by atoms with Crippen molar-refractivity contribution in [3.05, 3.63) is 46.2 Å². The molecule has 0 bridgehead atoms. The largest absolute Gasteiger partial charge is 0.207 e. The lowest BCUT2D eigenvalue weighted by Gasteiger charge is -2.01. The number of hydrogen-bond donors (Lipinski definition) is 0. The smallest absolute Gasteiger partial charge is 0.124 e. The molecule has 0 atom stereocenters. The van der Waals surface area contributed by atoms with E-state index < -0.39 is 0 Å². The highest BCUT2D eigenvalue weighted by Crippen LogP contribution is 2.16. The average Bonchev–Trinajstić information content (AvgIpc) is 1.81. The van der Waals surface area contributed by atoms with Crippen molar-refractivity contribution in [3.8, 4) is 0 Å². The van der Waals surface area contributed by atoms with Gasteiger partial charge in [-0.05, 0) is 37.1 Å². The molecule has 64 valence electrons. The quantitative estimate of drug-likeness (QED) is 0.678. The standard InChI is InChI=1S/C10H10BrF/c1-7(2)3-8-4-9(11)6-10(12)5-8/h4-6H,1,3H2,2H3. The first-order valence-corrected chi connectivity index (χ1v) is 4.46. The number of rotatable bonds is 2. The predicted octanol–water partition coefficient (Wildman–Crippen LogP) is 3.71. The summed E-state index contributed by atoms with van der Waals surface area (Å²) in [4.78, 5) is 0. The van der Waals surface area contributed by atoms with Gasteiger partial charge in [0.15, 0.2) is 0 Å². The van der Waals surface area contributed by atoms with Gasteiger partial charge in [-0.3, -0.25) is 0 Å². The van der Waals surface area contributed by atoms with Crippen LogP contribution in [-0.4, -0.2) is 0 Å². The maximum Gasteiger partial charge on any atom is 0.124 e. The Morgan fingerprint density at radius 1 is 1.50 bits per heavy atom. The Bertz CT molecular complexity index is 284. The highest BCUT2D eigenvalue weighted by atomic mass is 79.9. The van der Waals surface area contributed by atoms with E-state index in [1.165, 1.54) is 12.1 Å². The van der Waals surface area contributed by atoms with Crippen LogP contribution in [0.4, 0.5) is 4.39 Å². The first kappa shape index (κ1) is 9.46. The van der Waals surface area contributed by atoms with Crippen LogP contribution < -0.4 is 0 Å². The summed E-state index contributed by atoms with van der Waals surface area (Å²) in [6.45, 7) is 5.70. The molecular weight excluding hydrogens is 219 g/mol. The highest BCUT2D eigenvalue weighted by molar-refractivity contribution is 9.10. The van der Waals surface area contributed by atoms with Crippen LogP contribution in [0.3, 0.4) is 0 Å². The van der Waals surface area contributed by atoms with Gasteiger partial charge in [0.25, 0.3) is 0 Å². The molecule has 0 unspecified atom stereocenters. The third-order valence-electron chi connectivity index (χ3n) is 1.43. The molecule has 0 N–H and O–H groups in total. The average molecular weight is 229 g/mol. The van der Waals surface area contributed by atoms with Gasteiger partial charge in [-0.1, -0.05) is 28.1 Å². The molecule has 2 heteroatoms. The zero-order valence-corrected chi connectivity index (χ0v) is 8.49. The fraction of sp³-hybridized carbons (Fsp3) is 0.200.